The molecule has 0 radical (unpaired) electrons. The predicted octanol–water partition coefficient (Wildman–Crippen LogP) is 3.16. The normalized spacial score (nSPS) is 19.4. The van der Waals surface area contributed by atoms with Gasteiger partial charge in [-0.05, 0) is 61.7 Å². The highest BCUT2D eigenvalue weighted by Gasteiger charge is 2.34. The summed E-state index contributed by atoms with van der Waals surface area (Å²) >= 11 is 5.99. The van der Waals surface area contributed by atoms with Crippen LogP contribution in [0.3, 0.4) is 0 Å². The summed E-state index contributed by atoms with van der Waals surface area (Å²) in [6.45, 7) is 2.30. The van der Waals surface area contributed by atoms with Gasteiger partial charge in [0, 0.05) is 36.8 Å². The van der Waals surface area contributed by atoms with Gasteiger partial charge in [-0.3, -0.25) is 4.79 Å². The maximum atomic E-state index is 13.0. The standard InChI is InChI=1S/C22H26ClN3O3S/c1-25-11-13-26(14-12-25)30(28,29)20-4-2-3-18(15-20)22(27)24-21(16-5-6-16)17-7-9-19(23)10-8-17/h2-4,7-10,15-16,21H,5-6,11-14H2,1H3,(H,24,27). The van der Waals surface area contributed by atoms with Gasteiger partial charge >= 0.3 is 0 Å². The number of nitrogens with zero attached hydrogens (tertiary/aromatic N) is 2. The van der Waals surface area contributed by atoms with Crippen LogP contribution in [-0.2, 0) is 10.0 Å². The second-order valence-corrected chi connectivity index (χ2v) is 10.4. The zero-order valence-electron chi connectivity index (χ0n) is 16.9. The molecule has 1 saturated heterocycles. The molecule has 2 fully saturated rings. The van der Waals surface area contributed by atoms with Crippen molar-refractivity contribution >= 4 is 27.5 Å². The minimum absolute atomic E-state index is 0.104. The van der Waals surface area contributed by atoms with Crippen LogP contribution < -0.4 is 5.32 Å². The molecule has 1 amide bonds. The van der Waals surface area contributed by atoms with Gasteiger partial charge in [0.05, 0.1) is 10.9 Å². The fourth-order valence-electron chi connectivity index (χ4n) is 3.77. The summed E-state index contributed by atoms with van der Waals surface area (Å²) in [7, 11) is -1.64. The van der Waals surface area contributed by atoms with E-state index < -0.39 is 10.0 Å². The topological polar surface area (TPSA) is 69.7 Å². The van der Waals surface area contributed by atoms with Gasteiger partial charge in [0.25, 0.3) is 5.91 Å². The fraction of sp³-hybridized carbons (Fsp3) is 0.409. The summed E-state index contributed by atoms with van der Waals surface area (Å²) in [4.78, 5) is 15.2. The van der Waals surface area contributed by atoms with Gasteiger partial charge in [0.2, 0.25) is 10.0 Å². The Kier molecular flexibility index (Phi) is 6.16. The molecular formula is C22H26ClN3O3S. The largest absolute Gasteiger partial charge is 0.345 e. The summed E-state index contributed by atoms with van der Waals surface area (Å²) in [5.41, 5.74) is 1.36. The summed E-state index contributed by atoms with van der Waals surface area (Å²) in [6, 6.07) is 13.7. The Balaban J connectivity index is 1.52. The summed E-state index contributed by atoms with van der Waals surface area (Å²) < 4.78 is 27.5. The molecule has 1 N–H and O–H groups in total. The van der Waals surface area contributed by atoms with Crippen molar-refractivity contribution in [3.05, 3.63) is 64.7 Å². The van der Waals surface area contributed by atoms with Gasteiger partial charge in [-0.2, -0.15) is 4.31 Å². The van der Waals surface area contributed by atoms with Crippen molar-refractivity contribution in [1.82, 2.24) is 14.5 Å². The van der Waals surface area contributed by atoms with E-state index >= 15 is 0 Å². The van der Waals surface area contributed by atoms with Crippen LogP contribution in [0.4, 0.5) is 0 Å². The molecule has 2 aromatic rings. The first kappa shape index (κ1) is 21.3. The van der Waals surface area contributed by atoms with Crippen LogP contribution in [0, 0.1) is 5.92 Å². The molecule has 1 atom stereocenters. The number of piperazine rings is 1. The average Bonchev–Trinajstić information content (AvgIpc) is 3.58. The number of sulfonamides is 1. The lowest BCUT2D eigenvalue weighted by Gasteiger charge is -2.31. The highest BCUT2D eigenvalue weighted by Crippen LogP contribution is 2.41. The zero-order chi connectivity index (χ0) is 21.3. The minimum atomic E-state index is -3.62. The van der Waals surface area contributed by atoms with Gasteiger partial charge in [-0.1, -0.05) is 29.8 Å². The van der Waals surface area contributed by atoms with Crippen molar-refractivity contribution in [1.29, 1.82) is 0 Å². The maximum Gasteiger partial charge on any atom is 0.251 e. The Bertz CT molecular complexity index is 1010. The summed E-state index contributed by atoms with van der Waals surface area (Å²) in [5.74, 6) is 0.129. The Morgan fingerprint density at radius 1 is 1.07 bits per heavy atom. The number of halogens is 1. The first-order valence-electron chi connectivity index (χ1n) is 10.2. The molecule has 0 bridgehead atoms. The molecule has 1 heterocycles. The highest BCUT2D eigenvalue weighted by atomic mass is 35.5. The molecule has 30 heavy (non-hydrogen) atoms. The van der Waals surface area contributed by atoms with Crippen LogP contribution in [0.25, 0.3) is 0 Å². The van der Waals surface area contributed by atoms with Crippen molar-refractivity contribution in [2.45, 2.75) is 23.8 Å². The van der Waals surface area contributed by atoms with Crippen LogP contribution in [0.15, 0.2) is 53.4 Å². The molecular weight excluding hydrogens is 422 g/mol. The van der Waals surface area contributed by atoms with Crippen molar-refractivity contribution < 1.29 is 13.2 Å². The summed E-state index contributed by atoms with van der Waals surface area (Å²) in [6.07, 6.45) is 2.12. The number of benzene rings is 2. The average molecular weight is 448 g/mol. The quantitative estimate of drug-likeness (QED) is 0.738. The van der Waals surface area contributed by atoms with Crippen molar-refractivity contribution in [3.8, 4) is 0 Å². The van der Waals surface area contributed by atoms with Crippen LogP contribution in [0.2, 0.25) is 5.02 Å². The lowest BCUT2D eigenvalue weighted by molar-refractivity contribution is 0.0931. The maximum absolute atomic E-state index is 13.0. The minimum Gasteiger partial charge on any atom is -0.345 e. The van der Waals surface area contributed by atoms with Crippen molar-refractivity contribution in [2.24, 2.45) is 5.92 Å². The number of nitrogens with one attached hydrogen (secondary N) is 1. The first-order valence-corrected chi connectivity index (χ1v) is 12.0. The van der Waals surface area contributed by atoms with Gasteiger partial charge in [-0.25, -0.2) is 8.42 Å². The van der Waals surface area contributed by atoms with E-state index in [-0.39, 0.29) is 16.8 Å². The Morgan fingerprint density at radius 3 is 2.37 bits per heavy atom. The predicted molar refractivity (Wildman–Crippen MR) is 117 cm³/mol. The SMILES string of the molecule is CN1CCN(S(=O)(=O)c2cccc(C(=O)NC(c3ccc(Cl)cc3)C3CC3)c2)CC1. The number of rotatable bonds is 6. The zero-order valence-corrected chi connectivity index (χ0v) is 18.5. The molecule has 1 unspecified atom stereocenters. The Morgan fingerprint density at radius 2 is 1.73 bits per heavy atom. The molecule has 2 aromatic carbocycles. The second kappa shape index (κ2) is 8.67. The third-order valence-corrected chi connectivity index (χ3v) is 7.95. The van der Waals surface area contributed by atoms with Crippen molar-refractivity contribution in [3.63, 3.8) is 0 Å². The summed E-state index contributed by atoms with van der Waals surface area (Å²) in [5, 5.41) is 3.75. The Hall–Kier alpha value is -1.93. The lowest BCUT2D eigenvalue weighted by atomic mass is 10.0. The molecule has 0 aromatic heterocycles. The molecule has 6 nitrogen and oxygen atoms in total. The van der Waals surface area contributed by atoms with E-state index in [1.54, 1.807) is 18.2 Å². The van der Waals surface area contributed by atoms with E-state index in [1.165, 1.54) is 10.4 Å². The number of hydrogen-bond donors (Lipinski definition) is 1. The van der Waals surface area contributed by atoms with Crippen LogP contribution >= 0.6 is 11.6 Å². The van der Waals surface area contributed by atoms with Crippen molar-refractivity contribution in [2.75, 3.05) is 33.2 Å². The van der Waals surface area contributed by atoms with E-state index in [9.17, 15) is 13.2 Å². The van der Waals surface area contributed by atoms with E-state index in [0.29, 0.717) is 42.7 Å². The molecule has 4 rings (SSSR count). The molecule has 8 heteroatoms. The number of amides is 1. The van der Waals surface area contributed by atoms with Crippen LogP contribution in [0.5, 0.6) is 0 Å². The van der Waals surface area contributed by atoms with E-state index in [4.69, 9.17) is 11.6 Å². The first-order chi connectivity index (χ1) is 14.3. The van der Waals surface area contributed by atoms with E-state index in [1.807, 2.05) is 31.3 Å². The number of carbonyl (C=O) groups excluding carboxylic acids is 1. The highest BCUT2D eigenvalue weighted by molar-refractivity contribution is 7.89. The van der Waals surface area contributed by atoms with Gasteiger partial charge in [0.1, 0.15) is 0 Å². The van der Waals surface area contributed by atoms with Gasteiger partial charge in [0.15, 0.2) is 0 Å². The third-order valence-electron chi connectivity index (χ3n) is 5.81. The van der Waals surface area contributed by atoms with Crippen LogP contribution in [-0.4, -0.2) is 56.8 Å². The molecule has 2 aliphatic rings. The lowest BCUT2D eigenvalue weighted by Crippen LogP contribution is -2.47. The van der Waals surface area contributed by atoms with Crippen LogP contribution in [0.1, 0.15) is 34.8 Å². The third kappa shape index (κ3) is 4.70. The van der Waals surface area contributed by atoms with Gasteiger partial charge in [-0.15, -0.1) is 0 Å². The fourth-order valence-corrected chi connectivity index (χ4v) is 5.37. The Labute approximate surface area is 182 Å². The van der Waals surface area contributed by atoms with E-state index in [2.05, 4.69) is 10.2 Å². The number of hydrogen-bond acceptors (Lipinski definition) is 4. The number of likely N-dealkylation sites (N-methyl/N-ethyl adjacent to an activating group) is 1. The molecule has 1 aliphatic heterocycles. The molecule has 1 saturated carbocycles. The second-order valence-electron chi connectivity index (χ2n) is 8.08. The number of carbonyl (C=O) groups is 1. The molecule has 0 spiro atoms. The smallest absolute Gasteiger partial charge is 0.251 e. The molecule has 160 valence electrons. The monoisotopic (exact) mass is 447 g/mol. The van der Waals surface area contributed by atoms with Gasteiger partial charge < -0.3 is 10.2 Å². The molecule has 1 aliphatic carbocycles. The van der Waals surface area contributed by atoms with E-state index in [0.717, 1.165) is 18.4 Å².